The van der Waals surface area contributed by atoms with Gasteiger partial charge >= 0.3 is 5.97 Å². The summed E-state index contributed by atoms with van der Waals surface area (Å²) in [5.41, 5.74) is 1.06. The van der Waals surface area contributed by atoms with Gasteiger partial charge in [-0.05, 0) is 24.3 Å². The maximum Gasteiger partial charge on any atom is 0.304 e. The van der Waals surface area contributed by atoms with Gasteiger partial charge in [-0.1, -0.05) is 11.8 Å². The summed E-state index contributed by atoms with van der Waals surface area (Å²) in [7, 11) is 1.58. The SMILES string of the molecule is COc1ccc(-c2cc(=O)[nH]c(SCCC(=O)O)n2)cc1. The number of aromatic nitrogens is 2. The minimum Gasteiger partial charge on any atom is -0.497 e. The van der Waals surface area contributed by atoms with Crippen molar-refractivity contribution >= 4 is 17.7 Å². The molecule has 0 aliphatic carbocycles. The molecule has 21 heavy (non-hydrogen) atoms. The molecule has 0 aliphatic heterocycles. The van der Waals surface area contributed by atoms with Crippen molar-refractivity contribution in [1.82, 2.24) is 9.97 Å². The number of rotatable bonds is 6. The third-order valence-electron chi connectivity index (χ3n) is 2.66. The van der Waals surface area contributed by atoms with Gasteiger partial charge in [0.15, 0.2) is 5.16 Å². The van der Waals surface area contributed by atoms with Gasteiger partial charge in [0.05, 0.1) is 19.2 Å². The minimum absolute atomic E-state index is 0.0150. The quantitative estimate of drug-likeness (QED) is 0.626. The van der Waals surface area contributed by atoms with Gasteiger partial charge in [0.1, 0.15) is 5.75 Å². The fraction of sp³-hybridized carbons (Fsp3) is 0.214. The molecule has 0 radical (unpaired) electrons. The van der Waals surface area contributed by atoms with E-state index < -0.39 is 5.97 Å². The number of thioether (sulfide) groups is 1. The van der Waals surface area contributed by atoms with E-state index in [-0.39, 0.29) is 12.0 Å². The van der Waals surface area contributed by atoms with Crippen LogP contribution in [0.3, 0.4) is 0 Å². The first kappa shape index (κ1) is 15.1. The number of carboxylic acids is 1. The third-order valence-corrected chi connectivity index (χ3v) is 3.54. The van der Waals surface area contributed by atoms with Crippen molar-refractivity contribution in [3.63, 3.8) is 0 Å². The van der Waals surface area contributed by atoms with Crippen molar-refractivity contribution in [2.24, 2.45) is 0 Å². The number of hydrogen-bond donors (Lipinski definition) is 2. The Morgan fingerprint density at radius 1 is 1.38 bits per heavy atom. The largest absolute Gasteiger partial charge is 0.497 e. The number of H-pyrrole nitrogens is 1. The molecule has 0 bridgehead atoms. The van der Waals surface area contributed by atoms with Crippen LogP contribution in [0.5, 0.6) is 5.75 Å². The van der Waals surface area contributed by atoms with E-state index in [1.54, 1.807) is 19.2 Å². The average molecular weight is 306 g/mol. The highest BCUT2D eigenvalue weighted by Crippen LogP contribution is 2.21. The van der Waals surface area contributed by atoms with Gasteiger partial charge in [-0.3, -0.25) is 9.59 Å². The summed E-state index contributed by atoms with van der Waals surface area (Å²) in [4.78, 5) is 29.1. The van der Waals surface area contributed by atoms with Crippen molar-refractivity contribution < 1.29 is 14.6 Å². The van der Waals surface area contributed by atoms with Gasteiger partial charge in [-0.15, -0.1) is 0 Å². The molecule has 6 nitrogen and oxygen atoms in total. The minimum atomic E-state index is -0.879. The number of carbonyl (C=O) groups is 1. The molecule has 1 heterocycles. The van der Waals surface area contributed by atoms with Crippen LogP contribution >= 0.6 is 11.8 Å². The fourth-order valence-electron chi connectivity index (χ4n) is 1.65. The second-order valence-electron chi connectivity index (χ2n) is 4.16. The molecular formula is C14H14N2O4S. The second-order valence-corrected chi connectivity index (χ2v) is 5.24. The Labute approximate surface area is 125 Å². The topological polar surface area (TPSA) is 92.3 Å². The molecule has 0 atom stereocenters. The third kappa shape index (κ3) is 4.35. The van der Waals surface area contributed by atoms with E-state index in [0.29, 0.717) is 16.6 Å². The van der Waals surface area contributed by atoms with Crippen LogP contribution in [-0.4, -0.2) is 33.9 Å². The fourth-order valence-corrected chi connectivity index (χ4v) is 2.45. The molecule has 2 rings (SSSR count). The first-order valence-corrected chi connectivity index (χ1v) is 7.17. The Bertz CT molecular complexity index is 682. The van der Waals surface area contributed by atoms with Crippen LogP contribution in [0, 0.1) is 0 Å². The summed E-state index contributed by atoms with van der Waals surface area (Å²) in [6.45, 7) is 0. The summed E-state index contributed by atoms with van der Waals surface area (Å²) in [6.07, 6.45) is 0.0150. The van der Waals surface area contributed by atoms with Gasteiger partial charge in [0.2, 0.25) is 0 Å². The summed E-state index contributed by atoms with van der Waals surface area (Å²) in [5, 5.41) is 9.02. The number of nitrogens with zero attached hydrogens (tertiary/aromatic N) is 1. The number of aromatic amines is 1. The highest BCUT2D eigenvalue weighted by molar-refractivity contribution is 7.99. The van der Waals surface area contributed by atoms with Crippen molar-refractivity contribution in [3.8, 4) is 17.0 Å². The lowest BCUT2D eigenvalue weighted by atomic mass is 10.1. The van der Waals surface area contributed by atoms with E-state index in [4.69, 9.17) is 9.84 Å². The predicted molar refractivity (Wildman–Crippen MR) is 79.8 cm³/mol. The Kier molecular flexibility index (Phi) is 4.99. The standard InChI is InChI=1S/C14H14N2O4S/c1-20-10-4-2-9(3-5-10)11-8-12(17)16-14(15-11)21-7-6-13(18)19/h2-5,8H,6-7H2,1H3,(H,18,19)(H,15,16,17). The summed E-state index contributed by atoms with van der Waals surface area (Å²) < 4.78 is 5.08. The van der Waals surface area contributed by atoms with Crippen LogP contribution in [0.2, 0.25) is 0 Å². The molecule has 0 amide bonds. The van der Waals surface area contributed by atoms with Crippen LogP contribution in [0.1, 0.15) is 6.42 Å². The maximum atomic E-state index is 11.7. The zero-order valence-corrected chi connectivity index (χ0v) is 12.1. The number of ether oxygens (including phenoxy) is 1. The number of aliphatic carboxylic acids is 1. The summed E-state index contributed by atoms with van der Waals surface area (Å²) >= 11 is 1.21. The lowest BCUT2D eigenvalue weighted by Crippen LogP contribution is -2.08. The Morgan fingerprint density at radius 2 is 2.10 bits per heavy atom. The van der Waals surface area contributed by atoms with Crippen LogP contribution in [0.25, 0.3) is 11.3 Å². The number of benzene rings is 1. The molecule has 2 N–H and O–H groups in total. The molecule has 0 aliphatic rings. The van der Waals surface area contributed by atoms with Gasteiger partial charge in [0, 0.05) is 17.4 Å². The van der Waals surface area contributed by atoms with Gasteiger partial charge < -0.3 is 14.8 Å². The number of nitrogens with one attached hydrogen (secondary N) is 1. The molecule has 1 aromatic carbocycles. The van der Waals surface area contributed by atoms with Gasteiger partial charge in [-0.25, -0.2) is 4.98 Å². The van der Waals surface area contributed by atoms with Crippen LogP contribution in [-0.2, 0) is 4.79 Å². The highest BCUT2D eigenvalue weighted by atomic mass is 32.2. The molecule has 0 saturated carbocycles. The lowest BCUT2D eigenvalue weighted by molar-refractivity contribution is -0.136. The zero-order chi connectivity index (χ0) is 15.2. The Hall–Kier alpha value is -2.28. The monoisotopic (exact) mass is 306 g/mol. The van der Waals surface area contributed by atoms with E-state index in [0.717, 1.165) is 11.3 Å². The van der Waals surface area contributed by atoms with Crippen LogP contribution < -0.4 is 10.3 Å². The molecule has 7 heteroatoms. The first-order chi connectivity index (χ1) is 10.1. The van der Waals surface area contributed by atoms with Crippen molar-refractivity contribution in [2.45, 2.75) is 11.6 Å². The number of carboxylic acid groups (broad SMARTS) is 1. The van der Waals surface area contributed by atoms with E-state index in [1.165, 1.54) is 17.8 Å². The lowest BCUT2D eigenvalue weighted by Gasteiger charge is -2.05. The molecule has 0 saturated heterocycles. The van der Waals surface area contributed by atoms with E-state index in [1.807, 2.05) is 12.1 Å². The molecule has 2 aromatic rings. The molecule has 0 fully saturated rings. The number of hydrogen-bond acceptors (Lipinski definition) is 5. The second kappa shape index (κ2) is 6.94. The van der Waals surface area contributed by atoms with Crippen molar-refractivity contribution in [3.05, 3.63) is 40.7 Å². The van der Waals surface area contributed by atoms with E-state index >= 15 is 0 Å². The average Bonchev–Trinajstić information content (AvgIpc) is 2.46. The predicted octanol–water partition coefficient (Wildman–Crippen LogP) is 2.01. The summed E-state index contributed by atoms with van der Waals surface area (Å²) in [6, 6.07) is 8.60. The van der Waals surface area contributed by atoms with E-state index in [9.17, 15) is 9.59 Å². The van der Waals surface area contributed by atoms with Crippen LogP contribution in [0.15, 0.2) is 40.3 Å². The summed E-state index contributed by atoms with van der Waals surface area (Å²) in [5.74, 6) is 0.195. The molecule has 0 unspecified atom stereocenters. The molecule has 110 valence electrons. The van der Waals surface area contributed by atoms with Crippen molar-refractivity contribution in [2.75, 3.05) is 12.9 Å². The molecule has 1 aromatic heterocycles. The number of methoxy groups -OCH3 is 1. The molecular weight excluding hydrogens is 292 g/mol. The van der Waals surface area contributed by atoms with Crippen molar-refractivity contribution in [1.29, 1.82) is 0 Å². The highest BCUT2D eigenvalue weighted by Gasteiger charge is 2.06. The Morgan fingerprint density at radius 3 is 2.71 bits per heavy atom. The molecule has 0 spiro atoms. The van der Waals surface area contributed by atoms with E-state index in [2.05, 4.69) is 9.97 Å². The first-order valence-electron chi connectivity index (χ1n) is 6.19. The Balaban J connectivity index is 2.21. The van der Waals surface area contributed by atoms with Gasteiger partial charge in [0.25, 0.3) is 5.56 Å². The maximum absolute atomic E-state index is 11.7. The smallest absolute Gasteiger partial charge is 0.304 e. The van der Waals surface area contributed by atoms with Crippen LogP contribution in [0.4, 0.5) is 0 Å². The van der Waals surface area contributed by atoms with Gasteiger partial charge in [-0.2, -0.15) is 0 Å². The zero-order valence-electron chi connectivity index (χ0n) is 11.3. The normalized spacial score (nSPS) is 10.3.